The molecule has 1 N–H and O–H groups in total. The number of anilines is 2. The molecule has 0 aliphatic carbocycles. The van der Waals surface area contributed by atoms with Crippen molar-refractivity contribution in [1.82, 2.24) is 10.2 Å². The molecule has 0 radical (unpaired) electrons. The number of rotatable bonds is 3. The normalized spacial score (nSPS) is 14.3. The Morgan fingerprint density at radius 2 is 2.25 bits per heavy atom. The SMILES string of the molecule is CNc1nnc(CN2C(=O)CCc3cc(F)ccc32)s1. The first-order chi connectivity index (χ1) is 9.67. The molecule has 0 bridgehead atoms. The summed E-state index contributed by atoms with van der Waals surface area (Å²) in [5.74, 6) is -0.239. The first kappa shape index (κ1) is 13.0. The number of halogens is 1. The lowest BCUT2D eigenvalue weighted by molar-refractivity contribution is -0.119. The molecule has 3 rings (SSSR count). The molecule has 1 aliphatic heterocycles. The van der Waals surface area contributed by atoms with Crippen molar-refractivity contribution in [2.75, 3.05) is 17.3 Å². The van der Waals surface area contributed by atoms with E-state index in [9.17, 15) is 9.18 Å². The number of carbonyl (C=O) groups excluding carboxylic acids is 1. The first-order valence-corrected chi connectivity index (χ1v) is 7.08. The van der Waals surface area contributed by atoms with Gasteiger partial charge in [0.25, 0.3) is 0 Å². The number of carbonyl (C=O) groups is 1. The van der Waals surface area contributed by atoms with E-state index in [1.165, 1.54) is 23.5 Å². The summed E-state index contributed by atoms with van der Waals surface area (Å²) >= 11 is 1.41. The van der Waals surface area contributed by atoms with Crippen LogP contribution in [0.25, 0.3) is 0 Å². The average Bonchev–Trinajstić information content (AvgIpc) is 2.90. The maximum Gasteiger partial charge on any atom is 0.227 e. The van der Waals surface area contributed by atoms with Crippen LogP contribution < -0.4 is 10.2 Å². The van der Waals surface area contributed by atoms with Crippen molar-refractivity contribution in [2.24, 2.45) is 0 Å². The molecule has 1 aliphatic rings. The molecule has 0 fully saturated rings. The molecule has 2 aromatic rings. The van der Waals surface area contributed by atoms with Crippen molar-refractivity contribution in [3.8, 4) is 0 Å². The number of nitrogens with one attached hydrogen (secondary N) is 1. The van der Waals surface area contributed by atoms with Gasteiger partial charge in [0, 0.05) is 19.2 Å². The van der Waals surface area contributed by atoms with E-state index >= 15 is 0 Å². The molecule has 0 spiro atoms. The zero-order valence-corrected chi connectivity index (χ0v) is 11.7. The van der Waals surface area contributed by atoms with Gasteiger partial charge < -0.3 is 10.2 Å². The summed E-state index contributed by atoms with van der Waals surface area (Å²) in [4.78, 5) is 13.7. The van der Waals surface area contributed by atoms with Gasteiger partial charge in [0.05, 0.1) is 6.54 Å². The summed E-state index contributed by atoms with van der Waals surface area (Å²) in [6, 6.07) is 4.53. The lowest BCUT2D eigenvalue weighted by atomic mass is 10.0. The highest BCUT2D eigenvalue weighted by atomic mass is 32.1. The molecule has 2 heterocycles. The number of fused-ring (bicyclic) bond motifs is 1. The Morgan fingerprint density at radius 1 is 1.40 bits per heavy atom. The zero-order chi connectivity index (χ0) is 14.1. The van der Waals surface area contributed by atoms with Crippen molar-refractivity contribution < 1.29 is 9.18 Å². The van der Waals surface area contributed by atoms with Gasteiger partial charge in [-0.15, -0.1) is 10.2 Å². The highest BCUT2D eigenvalue weighted by Crippen LogP contribution is 2.30. The van der Waals surface area contributed by atoms with Crippen LogP contribution >= 0.6 is 11.3 Å². The number of hydrogen-bond donors (Lipinski definition) is 1. The third-order valence-electron chi connectivity index (χ3n) is 3.22. The third kappa shape index (κ3) is 2.36. The van der Waals surface area contributed by atoms with Crippen LogP contribution in [0.15, 0.2) is 18.2 Å². The zero-order valence-electron chi connectivity index (χ0n) is 10.9. The molecule has 5 nitrogen and oxygen atoms in total. The van der Waals surface area contributed by atoms with E-state index in [0.717, 1.165) is 16.3 Å². The topological polar surface area (TPSA) is 58.1 Å². The van der Waals surface area contributed by atoms with E-state index in [-0.39, 0.29) is 11.7 Å². The van der Waals surface area contributed by atoms with Crippen molar-refractivity contribution >= 4 is 28.1 Å². The largest absolute Gasteiger partial charge is 0.363 e. The molecule has 1 aromatic carbocycles. The molecule has 1 amide bonds. The van der Waals surface area contributed by atoms with E-state index in [1.807, 2.05) is 0 Å². The van der Waals surface area contributed by atoms with Crippen molar-refractivity contribution in [1.29, 1.82) is 0 Å². The average molecular weight is 292 g/mol. The van der Waals surface area contributed by atoms with Gasteiger partial charge in [-0.2, -0.15) is 0 Å². The van der Waals surface area contributed by atoms with Gasteiger partial charge in [0.1, 0.15) is 10.8 Å². The molecule has 104 valence electrons. The van der Waals surface area contributed by atoms with Gasteiger partial charge >= 0.3 is 0 Å². The van der Waals surface area contributed by atoms with E-state index in [1.54, 1.807) is 18.0 Å². The fourth-order valence-corrected chi connectivity index (χ4v) is 2.94. The molecule has 1 aromatic heterocycles. The highest BCUT2D eigenvalue weighted by Gasteiger charge is 2.25. The summed E-state index contributed by atoms with van der Waals surface area (Å²) in [7, 11) is 1.77. The summed E-state index contributed by atoms with van der Waals surface area (Å²) in [6.45, 7) is 0.372. The maximum atomic E-state index is 13.3. The lowest BCUT2D eigenvalue weighted by Gasteiger charge is -2.28. The number of nitrogens with zero attached hydrogens (tertiary/aromatic N) is 3. The number of aromatic nitrogens is 2. The summed E-state index contributed by atoms with van der Waals surface area (Å²) in [6.07, 6.45) is 0.981. The van der Waals surface area contributed by atoms with E-state index < -0.39 is 0 Å². The molecule has 0 saturated carbocycles. The van der Waals surface area contributed by atoms with Crippen LogP contribution in [0.5, 0.6) is 0 Å². The number of aryl methyl sites for hydroxylation is 1. The summed E-state index contributed by atoms with van der Waals surface area (Å²) < 4.78 is 13.3. The quantitative estimate of drug-likeness (QED) is 0.942. The smallest absolute Gasteiger partial charge is 0.227 e. The van der Waals surface area contributed by atoms with Crippen LogP contribution in [0.4, 0.5) is 15.2 Å². The molecular formula is C13H13FN4OS. The van der Waals surface area contributed by atoms with Gasteiger partial charge in [-0.1, -0.05) is 11.3 Å². The van der Waals surface area contributed by atoms with Crippen LogP contribution in [0.2, 0.25) is 0 Å². The van der Waals surface area contributed by atoms with Crippen molar-refractivity contribution in [3.63, 3.8) is 0 Å². The van der Waals surface area contributed by atoms with E-state index in [0.29, 0.717) is 24.5 Å². The van der Waals surface area contributed by atoms with Crippen LogP contribution in [-0.2, 0) is 17.8 Å². The van der Waals surface area contributed by atoms with Gasteiger partial charge in [-0.25, -0.2) is 4.39 Å². The minimum absolute atomic E-state index is 0.0327. The van der Waals surface area contributed by atoms with Crippen LogP contribution in [0.1, 0.15) is 17.0 Å². The second kappa shape index (κ2) is 5.16. The van der Waals surface area contributed by atoms with Gasteiger partial charge in [-0.05, 0) is 30.2 Å². The van der Waals surface area contributed by atoms with Gasteiger partial charge in [-0.3, -0.25) is 4.79 Å². The fraction of sp³-hybridized carbons (Fsp3) is 0.308. The second-order valence-electron chi connectivity index (χ2n) is 4.50. The Kier molecular flexibility index (Phi) is 3.35. The molecular weight excluding hydrogens is 279 g/mol. The Bertz CT molecular complexity index is 658. The third-order valence-corrected chi connectivity index (χ3v) is 4.14. The number of benzene rings is 1. The van der Waals surface area contributed by atoms with E-state index in [4.69, 9.17) is 0 Å². The van der Waals surface area contributed by atoms with Gasteiger partial charge in [0.2, 0.25) is 11.0 Å². The molecule has 20 heavy (non-hydrogen) atoms. The van der Waals surface area contributed by atoms with Crippen molar-refractivity contribution in [2.45, 2.75) is 19.4 Å². The molecule has 0 saturated heterocycles. The van der Waals surface area contributed by atoms with Crippen LogP contribution in [-0.4, -0.2) is 23.2 Å². The number of hydrogen-bond acceptors (Lipinski definition) is 5. The standard InChI is InChI=1S/C13H13FN4OS/c1-15-13-17-16-11(20-13)7-18-10-4-3-9(14)6-8(10)2-5-12(18)19/h3-4,6H,2,5,7H2,1H3,(H,15,17). The lowest BCUT2D eigenvalue weighted by Crippen LogP contribution is -2.34. The highest BCUT2D eigenvalue weighted by molar-refractivity contribution is 7.15. The van der Waals surface area contributed by atoms with Gasteiger partial charge in [0.15, 0.2) is 0 Å². The molecule has 0 unspecified atom stereocenters. The first-order valence-electron chi connectivity index (χ1n) is 6.26. The predicted octanol–water partition coefficient (Wildman–Crippen LogP) is 2.20. The second-order valence-corrected chi connectivity index (χ2v) is 5.57. The van der Waals surface area contributed by atoms with E-state index in [2.05, 4.69) is 15.5 Å². The Labute approximate surface area is 119 Å². The number of amides is 1. The van der Waals surface area contributed by atoms with Crippen LogP contribution in [0.3, 0.4) is 0 Å². The minimum atomic E-state index is -0.272. The Hall–Kier alpha value is -2.02. The molecule has 0 atom stereocenters. The Balaban J connectivity index is 1.90. The Morgan fingerprint density at radius 3 is 3.00 bits per heavy atom. The fourth-order valence-electron chi connectivity index (χ4n) is 2.26. The minimum Gasteiger partial charge on any atom is -0.363 e. The summed E-state index contributed by atoms with van der Waals surface area (Å²) in [5.41, 5.74) is 1.63. The van der Waals surface area contributed by atoms with Crippen molar-refractivity contribution in [3.05, 3.63) is 34.6 Å². The maximum absolute atomic E-state index is 13.3. The summed E-state index contributed by atoms with van der Waals surface area (Å²) in [5, 5.41) is 12.4. The predicted molar refractivity (Wildman–Crippen MR) is 75.4 cm³/mol. The van der Waals surface area contributed by atoms with Crippen LogP contribution in [0, 0.1) is 5.82 Å². The molecule has 7 heteroatoms. The monoisotopic (exact) mass is 292 g/mol.